The van der Waals surface area contributed by atoms with Crippen molar-refractivity contribution in [3.63, 3.8) is 0 Å². The summed E-state index contributed by atoms with van der Waals surface area (Å²) in [6, 6.07) is 29.6. The molecule has 212 valence electrons. The van der Waals surface area contributed by atoms with E-state index >= 15 is 0 Å². The van der Waals surface area contributed by atoms with E-state index in [1.165, 1.54) is 109 Å². The summed E-state index contributed by atoms with van der Waals surface area (Å²) in [5.74, 6) is 1.74. The fourth-order valence-corrected chi connectivity index (χ4v) is 7.74. The molecule has 2 fully saturated rings. The maximum Gasteiger partial charge on any atom is 0.115 e. The van der Waals surface area contributed by atoms with E-state index in [0.717, 1.165) is 0 Å². The number of benzene rings is 4. The first-order valence-electron chi connectivity index (χ1n) is 15.8. The van der Waals surface area contributed by atoms with Gasteiger partial charge in [0.2, 0.25) is 0 Å². The second-order valence-corrected chi connectivity index (χ2v) is 12.9. The monoisotopic (exact) mass is 544 g/mol. The quantitative estimate of drug-likeness (QED) is 0.253. The molecule has 0 saturated heterocycles. The molecule has 0 amide bonds. The summed E-state index contributed by atoms with van der Waals surface area (Å²) in [6.45, 7) is 4.78. The Hall–Kier alpha value is -3.52. The van der Waals surface area contributed by atoms with Crippen molar-refractivity contribution < 1.29 is 10.2 Å². The van der Waals surface area contributed by atoms with Crippen LogP contribution in [0, 0.1) is 0 Å². The molecule has 2 N–H and O–H groups in total. The van der Waals surface area contributed by atoms with E-state index in [2.05, 4.69) is 74.5 Å². The second-order valence-electron chi connectivity index (χ2n) is 12.9. The third-order valence-electron chi connectivity index (χ3n) is 9.94. The van der Waals surface area contributed by atoms with Crippen LogP contribution in [0.5, 0.6) is 11.5 Å². The van der Waals surface area contributed by atoms with Crippen LogP contribution in [0.1, 0.15) is 112 Å². The van der Waals surface area contributed by atoms with Gasteiger partial charge >= 0.3 is 0 Å². The Balaban J connectivity index is 1.57. The van der Waals surface area contributed by atoms with Gasteiger partial charge in [0.15, 0.2) is 0 Å². The van der Waals surface area contributed by atoms with E-state index in [0.29, 0.717) is 23.3 Å². The lowest BCUT2D eigenvalue weighted by Crippen LogP contribution is -2.23. The summed E-state index contributed by atoms with van der Waals surface area (Å²) in [5, 5.41) is 20.3. The van der Waals surface area contributed by atoms with Crippen molar-refractivity contribution in [3.05, 3.63) is 107 Å². The molecule has 2 nitrogen and oxygen atoms in total. The predicted octanol–water partition coefficient (Wildman–Crippen LogP) is 10.9. The molecule has 2 aliphatic carbocycles. The van der Waals surface area contributed by atoms with Gasteiger partial charge in [-0.05, 0) is 106 Å². The van der Waals surface area contributed by atoms with Gasteiger partial charge in [0.25, 0.3) is 0 Å². The Morgan fingerprint density at radius 1 is 0.488 bits per heavy atom. The molecule has 2 aliphatic rings. The fraction of sp³-hybridized carbons (Fsp3) is 0.385. The van der Waals surface area contributed by atoms with Crippen LogP contribution in [-0.4, -0.2) is 10.2 Å². The second kappa shape index (κ2) is 11.8. The van der Waals surface area contributed by atoms with Crippen LogP contribution >= 0.6 is 0 Å². The molecule has 0 radical (unpaired) electrons. The number of phenolic OH excluding ortho intramolecular Hbond substituents is 2. The molecule has 0 bridgehead atoms. The minimum atomic E-state index is -0.282. The third-order valence-corrected chi connectivity index (χ3v) is 9.94. The van der Waals surface area contributed by atoms with Gasteiger partial charge in [0, 0.05) is 5.41 Å². The highest BCUT2D eigenvalue weighted by atomic mass is 16.3. The molecular weight excluding hydrogens is 500 g/mol. The summed E-state index contributed by atoms with van der Waals surface area (Å²) in [6.07, 6.45) is 12.8. The van der Waals surface area contributed by atoms with Crippen molar-refractivity contribution in [1.82, 2.24) is 0 Å². The van der Waals surface area contributed by atoms with Gasteiger partial charge in [-0.15, -0.1) is 0 Å². The zero-order valence-corrected chi connectivity index (χ0v) is 24.7. The van der Waals surface area contributed by atoms with Crippen LogP contribution in [0.25, 0.3) is 22.3 Å². The predicted molar refractivity (Wildman–Crippen MR) is 171 cm³/mol. The zero-order valence-electron chi connectivity index (χ0n) is 24.7. The summed E-state index contributed by atoms with van der Waals surface area (Å²) in [4.78, 5) is 0. The Bertz CT molecular complexity index is 1350. The molecule has 0 spiro atoms. The van der Waals surface area contributed by atoms with E-state index in [9.17, 15) is 10.2 Å². The van der Waals surface area contributed by atoms with Crippen LogP contribution in [-0.2, 0) is 5.41 Å². The maximum absolute atomic E-state index is 10.1. The first-order chi connectivity index (χ1) is 19.9. The molecule has 0 aliphatic heterocycles. The molecule has 4 aromatic carbocycles. The lowest BCUT2D eigenvalue weighted by atomic mass is 9.68. The maximum atomic E-state index is 10.1. The van der Waals surface area contributed by atoms with Gasteiger partial charge in [-0.2, -0.15) is 0 Å². The van der Waals surface area contributed by atoms with Crippen LogP contribution in [0.3, 0.4) is 0 Å². The van der Waals surface area contributed by atoms with Gasteiger partial charge in [-0.3, -0.25) is 0 Å². The standard InChI is InChI=1S/C39H44O2/c1-39(2,35-17-9-15-33(27-11-5-3-6-12-27)37(35)29-19-23-31(40)24-20-29)36-18-10-16-34(28-13-7-4-8-14-28)38(36)30-21-25-32(41)26-22-30/h9-10,15-28,40-41H,3-8,11-14H2,1-2H3. The number of phenols is 2. The average molecular weight is 545 g/mol. The number of hydrogen-bond donors (Lipinski definition) is 2. The fourth-order valence-electron chi connectivity index (χ4n) is 7.74. The largest absolute Gasteiger partial charge is 0.508 e. The zero-order chi connectivity index (χ0) is 28.4. The minimum Gasteiger partial charge on any atom is -0.508 e. The van der Waals surface area contributed by atoms with Crippen LogP contribution in [0.15, 0.2) is 84.9 Å². The smallest absolute Gasteiger partial charge is 0.115 e. The molecule has 4 aromatic rings. The highest BCUT2D eigenvalue weighted by Gasteiger charge is 2.33. The van der Waals surface area contributed by atoms with Crippen molar-refractivity contribution in [2.45, 2.75) is 95.3 Å². The first-order valence-corrected chi connectivity index (χ1v) is 15.8. The molecule has 2 heteroatoms. The van der Waals surface area contributed by atoms with Crippen LogP contribution in [0.2, 0.25) is 0 Å². The lowest BCUT2D eigenvalue weighted by molar-refractivity contribution is 0.443. The van der Waals surface area contributed by atoms with E-state index in [-0.39, 0.29) is 5.41 Å². The molecular formula is C39H44O2. The molecule has 6 rings (SSSR count). The first kappa shape index (κ1) is 27.6. The van der Waals surface area contributed by atoms with Gasteiger partial charge in [-0.25, -0.2) is 0 Å². The average Bonchev–Trinajstić information content (AvgIpc) is 3.02. The Morgan fingerprint density at radius 2 is 0.854 bits per heavy atom. The molecule has 0 aromatic heterocycles. The highest BCUT2D eigenvalue weighted by Crippen LogP contribution is 2.49. The summed E-state index contributed by atoms with van der Waals surface area (Å²) >= 11 is 0. The summed E-state index contributed by atoms with van der Waals surface area (Å²) < 4.78 is 0. The Morgan fingerprint density at radius 3 is 1.22 bits per heavy atom. The normalized spacial score (nSPS) is 17.0. The van der Waals surface area contributed by atoms with Gasteiger partial charge in [0.1, 0.15) is 11.5 Å². The van der Waals surface area contributed by atoms with E-state index in [1.807, 2.05) is 24.3 Å². The number of rotatable bonds is 6. The van der Waals surface area contributed by atoms with Gasteiger partial charge in [0.05, 0.1) is 0 Å². The van der Waals surface area contributed by atoms with Crippen LogP contribution < -0.4 is 0 Å². The Labute approximate surface area is 246 Å². The molecule has 0 atom stereocenters. The molecule has 0 heterocycles. The minimum absolute atomic E-state index is 0.282. The van der Waals surface area contributed by atoms with E-state index in [1.54, 1.807) is 0 Å². The van der Waals surface area contributed by atoms with Crippen molar-refractivity contribution in [1.29, 1.82) is 0 Å². The van der Waals surface area contributed by atoms with Gasteiger partial charge in [-0.1, -0.05) is 113 Å². The molecule has 0 unspecified atom stereocenters. The van der Waals surface area contributed by atoms with Crippen molar-refractivity contribution in [2.75, 3.05) is 0 Å². The third kappa shape index (κ3) is 5.54. The van der Waals surface area contributed by atoms with Crippen LogP contribution in [0.4, 0.5) is 0 Å². The topological polar surface area (TPSA) is 40.5 Å². The highest BCUT2D eigenvalue weighted by molar-refractivity contribution is 5.79. The van der Waals surface area contributed by atoms with Crippen molar-refractivity contribution >= 4 is 0 Å². The number of aromatic hydroxyl groups is 2. The SMILES string of the molecule is CC(C)(c1cccc(C2CCCCC2)c1-c1ccc(O)cc1)c1cccc(C2CCCCC2)c1-c1ccc(O)cc1. The number of hydrogen-bond acceptors (Lipinski definition) is 2. The summed E-state index contributed by atoms with van der Waals surface area (Å²) in [5.41, 5.74) is 10.3. The van der Waals surface area contributed by atoms with Gasteiger partial charge < -0.3 is 10.2 Å². The van der Waals surface area contributed by atoms with E-state index < -0.39 is 0 Å². The molecule has 41 heavy (non-hydrogen) atoms. The lowest BCUT2D eigenvalue weighted by Gasteiger charge is -2.35. The summed E-state index contributed by atoms with van der Waals surface area (Å²) in [7, 11) is 0. The van der Waals surface area contributed by atoms with Crippen molar-refractivity contribution in [3.8, 4) is 33.8 Å². The molecule has 2 saturated carbocycles. The Kier molecular flexibility index (Phi) is 7.93. The van der Waals surface area contributed by atoms with Crippen molar-refractivity contribution in [2.24, 2.45) is 0 Å². The van der Waals surface area contributed by atoms with E-state index in [4.69, 9.17) is 0 Å².